The molecule has 0 bridgehead atoms. The second-order valence-corrected chi connectivity index (χ2v) is 4.02. The van der Waals surface area contributed by atoms with Crippen molar-refractivity contribution < 1.29 is 13.5 Å². The van der Waals surface area contributed by atoms with Crippen LogP contribution in [-0.4, -0.2) is 23.4 Å². The molecule has 1 aromatic carbocycles. The molecule has 0 saturated carbocycles. The van der Waals surface area contributed by atoms with Crippen LogP contribution in [0, 0.1) is 0 Å². The number of para-hydroxylation sites is 1. The summed E-state index contributed by atoms with van der Waals surface area (Å²) in [6.07, 6.45) is 1.66. The Morgan fingerprint density at radius 3 is 2.58 bits per heavy atom. The SMILES string of the molecule is CNC(c1ccccc1OC(F)F)c1ccnn1C. The van der Waals surface area contributed by atoms with Crippen molar-refractivity contribution in [3.8, 4) is 5.75 Å². The molecular formula is C13H15F2N3O. The number of aryl methyl sites for hydroxylation is 1. The maximum absolute atomic E-state index is 12.4. The fourth-order valence-electron chi connectivity index (χ4n) is 2.05. The first-order chi connectivity index (χ1) is 9.13. The third-order valence-corrected chi connectivity index (χ3v) is 2.89. The van der Waals surface area contributed by atoms with Crippen LogP contribution in [0.4, 0.5) is 8.78 Å². The van der Waals surface area contributed by atoms with Gasteiger partial charge in [0.05, 0.1) is 11.7 Å². The second kappa shape index (κ2) is 5.79. The van der Waals surface area contributed by atoms with Crippen LogP contribution in [0.25, 0.3) is 0 Å². The van der Waals surface area contributed by atoms with Crippen LogP contribution < -0.4 is 10.1 Å². The number of nitrogens with zero attached hydrogens (tertiary/aromatic N) is 2. The average molecular weight is 267 g/mol. The number of rotatable bonds is 5. The largest absolute Gasteiger partial charge is 0.434 e. The van der Waals surface area contributed by atoms with Gasteiger partial charge >= 0.3 is 6.61 Å². The predicted molar refractivity (Wildman–Crippen MR) is 67.2 cm³/mol. The van der Waals surface area contributed by atoms with E-state index in [1.807, 2.05) is 6.07 Å². The Kier molecular flexibility index (Phi) is 4.11. The monoisotopic (exact) mass is 267 g/mol. The third-order valence-electron chi connectivity index (χ3n) is 2.89. The van der Waals surface area contributed by atoms with Gasteiger partial charge in [-0.25, -0.2) is 0 Å². The minimum atomic E-state index is -2.84. The number of halogens is 2. The molecule has 0 aliphatic rings. The number of alkyl halides is 2. The Morgan fingerprint density at radius 1 is 1.26 bits per heavy atom. The van der Waals surface area contributed by atoms with Crippen molar-refractivity contribution in [2.75, 3.05) is 7.05 Å². The van der Waals surface area contributed by atoms with Crippen LogP contribution in [0.15, 0.2) is 36.5 Å². The lowest BCUT2D eigenvalue weighted by Gasteiger charge is -2.20. The predicted octanol–water partition coefficient (Wildman–Crippen LogP) is 2.33. The van der Waals surface area contributed by atoms with Crippen LogP contribution in [0.1, 0.15) is 17.3 Å². The summed E-state index contributed by atoms with van der Waals surface area (Å²) in [5.41, 5.74) is 1.52. The summed E-state index contributed by atoms with van der Waals surface area (Å²) in [6.45, 7) is -2.84. The normalized spacial score (nSPS) is 12.7. The van der Waals surface area contributed by atoms with Gasteiger partial charge in [-0.05, 0) is 19.2 Å². The molecule has 2 aromatic rings. The average Bonchev–Trinajstić information content (AvgIpc) is 2.78. The summed E-state index contributed by atoms with van der Waals surface area (Å²) in [5, 5.41) is 7.18. The summed E-state index contributed by atoms with van der Waals surface area (Å²) in [6, 6.07) is 8.31. The molecule has 6 heteroatoms. The zero-order valence-electron chi connectivity index (χ0n) is 10.7. The minimum absolute atomic E-state index is 0.165. The van der Waals surface area contributed by atoms with E-state index >= 15 is 0 Å². The fourth-order valence-corrected chi connectivity index (χ4v) is 2.05. The fraction of sp³-hybridized carbons (Fsp3) is 0.308. The van der Waals surface area contributed by atoms with Crippen LogP contribution in [0.3, 0.4) is 0 Å². The lowest BCUT2D eigenvalue weighted by Crippen LogP contribution is -2.21. The van der Waals surface area contributed by atoms with Crippen molar-refractivity contribution in [2.45, 2.75) is 12.7 Å². The van der Waals surface area contributed by atoms with E-state index in [0.717, 1.165) is 5.69 Å². The van der Waals surface area contributed by atoms with Crippen molar-refractivity contribution in [1.82, 2.24) is 15.1 Å². The van der Waals surface area contributed by atoms with Crippen LogP contribution in [0.5, 0.6) is 5.75 Å². The Hall–Kier alpha value is -1.95. The van der Waals surface area contributed by atoms with E-state index in [4.69, 9.17) is 0 Å². The van der Waals surface area contributed by atoms with E-state index in [9.17, 15) is 8.78 Å². The maximum Gasteiger partial charge on any atom is 0.387 e. The zero-order chi connectivity index (χ0) is 13.8. The quantitative estimate of drug-likeness (QED) is 0.903. The standard InChI is InChI=1S/C13H15F2N3O/c1-16-12(10-7-8-17-18(10)2)9-5-3-4-6-11(9)19-13(14)15/h3-8,12-13,16H,1-2H3. The van der Waals surface area contributed by atoms with E-state index in [2.05, 4.69) is 15.2 Å². The highest BCUT2D eigenvalue weighted by molar-refractivity contribution is 5.40. The van der Waals surface area contributed by atoms with Crippen LogP contribution in [-0.2, 0) is 7.05 Å². The molecular weight excluding hydrogens is 252 g/mol. The summed E-state index contributed by atoms with van der Waals surface area (Å²) in [7, 11) is 3.56. The molecule has 0 aliphatic heterocycles. The maximum atomic E-state index is 12.4. The van der Waals surface area contributed by atoms with Gasteiger partial charge in [0.15, 0.2) is 0 Å². The molecule has 0 radical (unpaired) electrons. The molecule has 0 fully saturated rings. The van der Waals surface area contributed by atoms with Crippen molar-refractivity contribution in [3.05, 3.63) is 47.8 Å². The van der Waals surface area contributed by atoms with E-state index < -0.39 is 6.61 Å². The van der Waals surface area contributed by atoms with Crippen molar-refractivity contribution >= 4 is 0 Å². The number of nitrogens with one attached hydrogen (secondary N) is 1. The highest BCUT2D eigenvalue weighted by Gasteiger charge is 2.20. The molecule has 0 saturated heterocycles. The van der Waals surface area contributed by atoms with Crippen LogP contribution >= 0.6 is 0 Å². The van der Waals surface area contributed by atoms with E-state index in [-0.39, 0.29) is 11.8 Å². The first-order valence-electron chi connectivity index (χ1n) is 5.82. The van der Waals surface area contributed by atoms with Gasteiger partial charge in [-0.1, -0.05) is 18.2 Å². The lowest BCUT2D eigenvalue weighted by atomic mass is 10.0. The van der Waals surface area contributed by atoms with Gasteiger partial charge in [0, 0.05) is 18.8 Å². The molecule has 0 amide bonds. The molecule has 102 valence electrons. The molecule has 19 heavy (non-hydrogen) atoms. The Morgan fingerprint density at radius 2 is 2.00 bits per heavy atom. The summed E-state index contributed by atoms with van der Waals surface area (Å²) in [5.74, 6) is 0.165. The Bertz CT molecular complexity index is 542. The number of benzene rings is 1. The summed E-state index contributed by atoms with van der Waals surface area (Å²) < 4.78 is 31.1. The van der Waals surface area contributed by atoms with Gasteiger partial charge in [-0.2, -0.15) is 13.9 Å². The molecule has 1 heterocycles. The van der Waals surface area contributed by atoms with Gasteiger partial charge in [-0.3, -0.25) is 4.68 Å². The molecule has 2 rings (SSSR count). The van der Waals surface area contributed by atoms with Crippen LogP contribution in [0.2, 0.25) is 0 Å². The highest BCUT2D eigenvalue weighted by atomic mass is 19.3. The van der Waals surface area contributed by atoms with E-state index in [0.29, 0.717) is 5.56 Å². The number of hydrogen-bond donors (Lipinski definition) is 1. The Balaban J connectivity index is 2.41. The van der Waals surface area contributed by atoms with Crippen molar-refractivity contribution in [1.29, 1.82) is 0 Å². The van der Waals surface area contributed by atoms with Gasteiger partial charge in [0.2, 0.25) is 0 Å². The summed E-state index contributed by atoms with van der Waals surface area (Å²) in [4.78, 5) is 0. The molecule has 1 aromatic heterocycles. The molecule has 0 aliphatic carbocycles. The smallest absolute Gasteiger partial charge is 0.387 e. The highest BCUT2D eigenvalue weighted by Crippen LogP contribution is 2.30. The van der Waals surface area contributed by atoms with E-state index in [1.165, 1.54) is 6.07 Å². The van der Waals surface area contributed by atoms with Crippen molar-refractivity contribution in [2.24, 2.45) is 7.05 Å². The third kappa shape index (κ3) is 2.90. The second-order valence-electron chi connectivity index (χ2n) is 4.02. The first-order valence-corrected chi connectivity index (χ1v) is 5.82. The number of ether oxygens (including phenoxy) is 1. The minimum Gasteiger partial charge on any atom is -0.434 e. The molecule has 4 nitrogen and oxygen atoms in total. The molecule has 1 N–H and O–H groups in total. The van der Waals surface area contributed by atoms with Gasteiger partial charge in [-0.15, -0.1) is 0 Å². The Labute approximate surface area is 110 Å². The lowest BCUT2D eigenvalue weighted by molar-refractivity contribution is -0.0506. The molecule has 0 spiro atoms. The topological polar surface area (TPSA) is 39.1 Å². The first kappa shape index (κ1) is 13.5. The van der Waals surface area contributed by atoms with Gasteiger partial charge in [0.25, 0.3) is 0 Å². The number of hydrogen-bond acceptors (Lipinski definition) is 3. The molecule has 1 atom stereocenters. The summed E-state index contributed by atoms with van der Waals surface area (Å²) >= 11 is 0. The molecule has 1 unspecified atom stereocenters. The van der Waals surface area contributed by atoms with Crippen molar-refractivity contribution in [3.63, 3.8) is 0 Å². The van der Waals surface area contributed by atoms with E-state index in [1.54, 1.807) is 43.2 Å². The zero-order valence-corrected chi connectivity index (χ0v) is 10.7. The van der Waals surface area contributed by atoms with Gasteiger partial charge < -0.3 is 10.1 Å². The number of aromatic nitrogens is 2. The van der Waals surface area contributed by atoms with Gasteiger partial charge in [0.1, 0.15) is 5.75 Å².